The molecule has 0 atom stereocenters. The van der Waals surface area contributed by atoms with E-state index in [0.29, 0.717) is 6.54 Å². The molecule has 5 nitrogen and oxygen atoms in total. The predicted molar refractivity (Wildman–Crippen MR) is 53.7 cm³/mol. The summed E-state index contributed by atoms with van der Waals surface area (Å²) in [6.07, 6.45) is 5.26. The van der Waals surface area contributed by atoms with Crippen LogP contribution in [-0.4, -0.2) is 25.2 Å². The van der Waals surface area contributed by atoms with Crippen molar-refractivity contribution in [1.82, 2.24) is 14.1 Å². The zero-order valence-electron chi connectivity index (χ0n) is 8.29. The molecule has 2 rings (SSSR count). The highest BCUT2D eigenvalue weighted by Gasteiger charge is 2.10. The van der Waals surface area contributed by atoms with Crippen molar-refractivity contribution < 1.29 is 9.90 Å². The number of nitrogens with zero attached hydrogens (tertiary/aromatic N) is 3. The second-order valence-corrected chi connectivity index (χ2v) is 3.28. The predicted octanol–water partition coefficient (Wildman–Crippen LogP) is 0.968. The minimum absolute atomic E-state index is 0.276. The number of aryl methyl sites for hydroxylation is 1. The third-order valence-corrected chi connectivity index (χ3v) is 2.28. The molecule has 1 N–H and O–H groups in total. The number of hydrogen-bond donors (Lipinski definition) is 1. The average Bonchev–Trinajstić information content (AvgIpc) is 2.77. The topological polar surface area (TPSA) is 60.0 Å². The van der Waals surface area contributed by atoms with Crippen LogP contribution in [0, 0.1) is 0 Å². The van der Waals surface area contributed by atoms with Gasteiger partial charge in [-0.3, -0.25) is 0 Å². The van der Waals surface area contributed by atoms with E-state index in [4.69, 9.17) is 5.11 Å². The molecule has 0 saturated carbocycles. The molecule has 78 valence electrons. The molecule has 0 fully saturated rings. The Balaban J connectivity index is 2.28. The summed E-state index contributed by atoms with van der Waals surface area (Å²) in [5.41, 5.74) is 0.276. The maximum absolute atomic E-state index is 10.8. The Morgan fingerprint density at radius 1 is 1.53 bits per heavy atom. The number of aromatic nitrogens is 3. The van der Waals surface area contributed by atoms with Crippen molar-refractivity contribution in [2.45, 2.75) is 6.54 Å². The van der Waals surface area contributed by atoms with Gasteiger partial charge in [0, 0.05) is 25.6 Å². The van der Waals surface area contributed by atoms with E-state index in [0.717, 1.165) is 5.82 Å². The van der Waals surface area contributed by atoms with Crippen LogP contribution in [-0.2, 0) is 13.6 Å². The summed E-state index contributed by atoms with van der Waals surface area (Å²) in [6, 6.07) is 3.29. The van der Waals surface area contributed by atoms with Gasteiger partial charge < -0.3 is 14.2 Å². The van der Waals surface area contributed by atoms with Crippen molar-refractivity contribution in [3.05, 3.63) is 42.2 Å². The number of carboxylic acid groups (broad SMARTS) is 1. The third-order valence-electron chi connectivity index (χ3n) is 2.28. The van der Waals surface area contributed by atoms with Gasteiger partial charge in [-0.1, -0.05) is 0 Å². The van der Waals surface area contributed by atoms with Gasteiger partial charge in [-0.25, -0.2) is 9.78 Å². The van der Waals surface area contributed by atoms with E-state index in [-0.39, 0.29) is 5.69 Å². The van der Waals surface area contributed by atoms with Gasteiger partial charge in [0.05, 0.1) is 6.54 Å². The summed E-state index contributed by atoms with van der Waals surface area (Å²) in [4.78, 5) is 15.0. The van der Waals surface area contributed by atoms with E-state index < -0.39 is 5.97 Å². The third kappa shape index (κ3) is 1.76. The lowest BCUT2D eigenvalue weighted by Crippen LogP contribution is -2.11. The first kappa shape index (κ1) is 9.51. The molecule has 0 bridgehead atoms. The van der Waals surface area contributed by atoms with Gasteiger partial charge >= 0.3 is 5.97 Å². The summed E-state index contributed by atoms with van der Waals surface area (Å²) in [5, 5.41) is 8.90. The molecule has 2 aromatic rings. The van der Waals surface area contributed by atoms with Crippen molar-refractivity contribution in [3.63, 3.8) is 0 Å². The first-order valence-electron chi connectivity index (χ1n) is 4.53. The summed E-state index contributed by atoms with van der Waals surface area (Å²) in [6.45, 7) is 0.470. The molecule has 0 spiro atoms. The number of rotatable bonds is 3. The number of carbonyl (C=O) groups is 1. The Labute approximate surface area is 86.6 Å². The maximum atomic E-state index is 10.8. The lowest BCUT2D eigenvalue weighted by atomic mass is 10.4. The van der Waals surface area contributed by atoms with Crippen molar-refractivity contribution >= 4 is 5.97 Å². The van der Waals surface area contributed by atoms with Gasteiger partial charge in [-0.15, -0.1) is 0 Å². The van der Waals surface area contributed by atoms with Crippen molar-refractivity contribution in [2.75, 3.05) is 0 Å². The van der Waals surface area contributed by atoms with Crippen LogP contribution in [0.2, 0.25) is 0 Å². The average molecular weight is 205 g/mol. The SMILES string of the molecule is Cn1ccnc1Cn1cccc1C(=O)O. The lowest BCUT2D eigenvalue weighted by molar-refractivity contribution is 0.0685. The van der Waals surface area contributed by atoms with Gasteiger partial charge in [-0.05, 0) is 12.1 Å². The minimum Gasteiger partial charge on any atom is -0.477 e. The van der Waals surface area contributed by atoms with Crippen molar-refractivity contribution in [1.29, 1.82) is 0 Å². The Morgan fingerprint density at radius 2 is 2.33 bits per heavy atom. The molecule has 2 aromatic heterocycles. The molecule has 0 radical (unpaired) electrons. The fraction of sp³-hybridized carbons (Fsp3) is 0.200. The molecule has 0 amide bonds. The Kier molecular flexibility index (Phi) is 2.29. The van der Waals surface area contributed by atoms with Crippen LogP contribution in [0.3, 0.4) is 0 Å². The molecule has 0 unspecified atom stereocenters. The zero-order chi connectivity index (χ0) is 10.8. The molecule has 0 aliphatic carbocycles. The second-order valence-electron chi connectivity index (χ2n) is 3.28. The van der Waals surface area contributed by atoms with E-state index in [1.165, 1.54) is 0 Å². The zero-order valence-corrected chi connectivity index (χ0v) is 8.29. The van der Waals surface area contributed by atoms with Gasteiger partial charge in [-0.2, -0.15) is 0 Å². The smallest absolute Gasteiger partial charge is 0.352 e. The lowest BCUT2D eigenvalue weighted by Gasteiger charge is -2.05. The molecular formula is C10H11N3O2. The highest BCUT2D eigenvalue weighted by molar-refractivity contribution is 5.85. The fourth-order valence-electron chi connectivity index (χ4n) is 1.45. The van der Waals surface area contributed by atoms with Gasteiger partial charge in [0.2, 0.25) is 0 Å². The first-order chi connectivity index (χ1) is 7.18. The maximum Gasteiger partial charge on any atom is 0.352 e. The number of hydrogen-bond acceptors (Lipinski definition) is 2. The summed E-state index contributed by atoms with van der Waals surface area (Å²) >= 11 is 0. The molecule has 2 heterocycles. The van der Waals surface area contributed by atoms with Crippen molar-refractivity contribution in [3.8, 4) is 0 Å². The summed E-state index contributed by atoms with van der Waals surface area (Å²) in [7, 11) is 1.88. The number of imidazole rings is 1. The van der Waals surface area contributed by atoms with Crippen LogP contribution in [0.5, 0.6) is 0 Å². The van der Waals surface area contributed by atoms with E-state index in [9.17, 15) is 4.79 Å². The highest BCUT2D eigenvalue weighted by atomic mass is 16.4. The standard InChI is InChI=1S/C10H11N3O2/c1-12-6-4-11-9(12)7-13-5-2-3-8(13)10(14)15/h2-6H,7H2,1H3,(H,14,15). The van der Waals surface area contributed by atoms with Gasteiger partial charge in [0.15, 0.2) is 0 Å². The van der Waals surface area contributed by atoms with E-state index >= 15 is 0 Å². The molecule has 0 aromatic carbocycles. The van der Waals surface area contributed by atoms with E-state index in [1.54, 1.807) is 29.1 Å². The Bertz CT molecular complexity index is 484. The number of carboxylic acids is 1. The normalized spacial score (nSPS) is 10.5. The Hall–Kier alpha value is -2.04. The molecule has 5 heteroatoms. The summed E-state index contributed by atoms with van der Waals surface area (Å²) < 4.78 is 3.52. The van der Waals surface area contributed by atoms with Crippen LogP contribution in [0.25, 0.3) is 0 Å². The van der Waals surface area contributed by atoms with Crippen LogP contribution >= 0.6 is 0 Å². The number of aromatic carboxylic acids is 1. The molecule has 0 saturated heterocycles. The first-order valence-corrected chi connectivity index (χ1v) is 4.53. The fourth-order valence-corrected chi connectivity index (χ4v) is 1.45. The van der Waals surface area contributed by atoms with E-state index in [2.05, 4.69) is 4.98 Å². The monoisotopic (exact) mass is 205 g/mol. The van der Waals surface area contributed by atoms with Crippen LogP contribution in [0.15, 0.2) is 30.7 Å². The van der Waals surface area contributed by atoms with Crippen molar-refractivity contribution in [2.24, 2.45) is 7.05 Å². The second kappa shape index (κ2) is 3.61. The van der Waals surface area contributed by atoms with Gasteiger partial charge in [0.25, 0.3) is 0 Å². The summed E-state index contributed by atoms with van der Waals surface area (Å²) in [5.74, 6) is -0.0945. The van der Waals surface area contributed by atoms with Gasteiger partial charge in [0.1, 0.15) is 11.5 Å². The van der Waals surface area contributed by atoms with E-state index in [1.807, 2.05) is 17.8 Å². The quantitative estimate of drug-likeness (QED) is 0.812. The van der Waals surface area contributed by atoms with Crippen LogP contribution < -0.4 is 0 Å². The molecule has 0 aliphatic heterocycles. The molecule has 0 aliphatic rings. The molecule has 15 heavy (non-hydrogen) atoms. The molecular weight excluding hydrogens is 194 g/mol. The largest absolute Gasteiger partial charge is 0.477 e. The van der Waals surface area contributed by atoms with Crippen LogP contribution in [0.1, 0.15) is 16.3 Å². The highest BCUT2D eigenvalue weighted by Crippen LogP contribution is 2.05. The Morgan fingerprint density at radius 3 is 2.93 bits per heavy atom. The minimum atomic E-state index is -0.922. The van der Waals surface area contributed by atoms with Crippen LogP contribution in [0.4, 0.5) is 0 Å².